The van der Waals surface area contributed by atoms with E-state index in [9.17, 15) is 93.7 Å². The maximum atomic E-state index is 13.5. The maximum absolute atomic E-state index is 13.5. The van der Waals surface area contributed by atoms with Gasteiger partial charge in [0.25, 0.3) is 35.7 Å². The zero-order chi connectivity index (χ0) is 82.8. The predicted molar refractivity (Wildman–Crippen MR) is 411 cm³/mol. The number of ether oxygens (including phenoxy) is 4. The number of fused-ring (bicyclic) bond motifs is 1. The number of aldehydes is 2. The van der Waals surface area contributed by atoms with Crippen LogP contribution in [-0.4, -0.2) is 120 Å². The number of carbonyl (C=O) groups excluding carboxylic acids is 2. The summed E-state index contributed by atoms with van der Waals surface area (Å²) in [6.45, 7) is 7.11. The van der Waals surface area contributed by atoms with Gasteiger partial charge in [-0.3, -0.25) is 14.6 Å². The summed E-state index contributed by atoms with van der Waals surface area (Å²) in [6, 6.07) is 20.5. The number of nitrogen functional groups attached to an aromatic ring is 1. The number of benzene rings is 2. The SMILES string of the molecule is C.C.C.C.C.C.C.C.CC1(C)OB(c2ccc(F)nc2F)OC1(C)C.COCOc1c(C=O)cc(F)nc1F.COCOc1ccc(F)nc1F.Fc1cccc(F)n1.Nc1oc2c(F)nc(F)cc2c1Nc1ccc(F)c(Cl)c1.O=Cc1cc(F)nc(F)c1O.Oc1c(C=Nc2ccc(F)c(Cl)c2)cc(F)nc1F.Oc1ccc(F)nc1F. The molecule has 0 unspecified atom stereocenters. The van der Waals surface area contributed by atoms with Crippen LogP contribution in [0.25, 0.3) is 11.0 Å². The summed E-state index contributed by atoms with van der Waals surface area (Å²) in [7, 11) is 1.87. The minimum atomic E-state index is -1.38. The number of hydrogen-bond acceptors (Lipinski definition) is 23. The van der Waals surface area contributed by atoms with Gasteiger partial charge in [0.2, 0.25) is 65.4 Å². The van der Waals surface area contributed by atoms with Crippen LogP contribution in [0.15, 0.2) is 125 Å². The first kappa shape index (κ1) is 113. The molecule has 0 aliphatic carbocycles. The van der Waals surface area contributed by atoms with Crippen LogP contribution in [0.2, 0.25) is 10.0 Å². The van der Waals surface area contributed by atoms with E-state index in [0.717, 1.165) is 79.0 Å². The van der Waals surface area contributed by atoms with Gasteiger partial charge in [-0.15, -0.1) is 0 Å². The van der Waals surface area contributed by atoms with Crippen molar-refractivity contribution in [2.24, 2.45) is 4.99 Å². The van der Waals surface area contributed by atoms with Crippen molar-refractivity contribution >= 4 is 88.5 Å². The number of nitrogens with zero attached hydrogens (tertiary/aromatic N) is 9. The number of methoxy groups -OCH3 is 2. The molecule has 1 aliphatic heterocycles. The lowest BCUT2D eigenvalue weighted by atomic mass is 9.80. The number of nitrogens with two attached hydrogens (primary N) is 1. The molecule has 6 N–H and O–H groups in total. The Kier molecular flexibility index (Phi) is 50.1. The molecule has 1 fully saturated rings. The standard InChI is InChI=1S/C13H7ClF3N3O.C12H6ClF3N2O.C11H14BF2NO2.C8H7F2NO3.C7H7F2NO2.C6H3F2NO2.C5H3F2NO.C5H3F2N.8CH4/c14-7-3-5(1-2-8(7)15)19-10-6-4-9(16)20-12(17)11(6)21-13(10)18;13-8-4-7(1-2-9(8)14)17-5-6-3-10(15)18-12(16)11(6)19;1-10(2)11(3,4)17-12(16-10)7-5-6-8(13)15-9(7)14;1-13-4-14-7-5(3-12)2-6(9)11-8(7)10;1-11-4-12-5-2-3-6(8)10-7(5)9;7-4-1-3(2-10)5(11)6(8)9-4;6-4-2-1-3(9)5(7)8-4;6-4-2-1-3-5(7)8-4;;;;;;;;/h1-4,19H,18H2;1-5,19H;5-6H,1-4H3;2-3H,4H2,1H3;2-3H,4H2,1H3;1-2,11H;1-2,9H;1-3H;8*1H4. The summed E-state index contributed by atoms with van der Waals surface area (Å²) in [4.78, 5) is 47.1. The zero-order valence-corrected chi connectivity index (χ0v) is 58.4. The summed E-state index contributed by atoms with van der Waals surface area (Å²) in [5.41, 5.74) is 4.28. The molecule has 0 bridgehead atoms. The smallest absolute Gasteiger partial charge is 0.499 e. The fourth-order valence-corrected chi connectivity index (χ4v) is 7.96. The molecule has 10 heterocycles. The van der Waals surface area contributed by atoms with Crippen molar-refractivity contribution in [1.29, 1.82) is 0 Å². The molecule has 0 atom stereocenters. The molecule has 12 rings (SSSR count). The molecule has 0 spiro atoms. The number of aromatic hydroxyl groups is 3. The molecule has 0 amide bonds. The Morgan fingerprint density at radius 1 is 0.471 bits per heavy atom. The molecular formula is C75H82BCl2F18N11O12. The van der Waals surface area contributed by atoms with Gasteiger partial charge < -0.3 is 59.0 Å². The van der Waals surface area contributed by atoms with E-state index in [1.807, 2.05) is 27.7 Å². The van der Waals surface area contributed by atoms with Crippen molar-refractivity contribution < 1.29 is 137 Å². The number of pyridine rings is 8. The number of aromatic nitrogens is 8. The number of furan rings is 1. The van der Waals surface area contributed by atoms with Crippen LogP contribution in [0.4, 0.5) is 102 Å². The number of rotatable bonds is 13. The summed E-state index contributed by atoms with van der Waals surface area (Å²) < 4.78 is 262. The Morgan fingerprint density at radius 2 is 0.899 bits per heavy atom. The number of aliphatic imine (C=N–C) groups is 1. The van der Waals surface area contributed by atoms with Crippen LogP contribution in [0.5, 0.6) is 28.7 Å². The van der Waals surface area contributed by atoms with Gasteiger partial charge in [0.1, 0.15) is 17.3 Å². The van der Waals surface area contributed by atoms with E-state index in [-0.39, 0.29) is 146 Å². The molecule has 2 aromatic carbocycles. The highest BCUT2D eigenvalue weighted by Crippen LogP contribution is 2.38. The topological polar surface area (TPSA) is 317 Å². The molecule has 652 valence electrons. The minimum Gasteiger partial charge on any atom is -0.504 e. The Bertz CT molecular complexity index is 5050. The van der Waals surface area contributed by atoms with Crippen LogP contribution in [0, 0.1) is 107 Å². The fraction of sp³-hybridized carbons (Fsp3) is 0.240. The summed E-state index contributed by atoms with van der Waals surface area (Å²) >= 11 is 11.2. The number of hydrogen-bond donors (Lipinski definition) is 5. The van der Waals surface area contributed by atoms with E-state index in [4.69, 9.17) is 62.3 Å². The molecule has 1 saturated heterocycles. The Morgan fingerprint density at radius 3 is 1.37 bits per heavy atom. The number of carbonyl (C=O) groups is 2. The lowest BCUT2D eigenvalue weighted by molar-refractivity contribution is 0.00578. The highest BCUT2D eigenvalue weighted by atomic mass is 35.5. The molecule has 119 heavy (non-hydrogen) atoms. The molecule has 44 heteroatoms. The Hall–Kier alpha value is -12.0. The molecule has 9 aromatic heterocycles. The normalized spacial score (nSPS) is 11.3. The highest BCUT2D eigenvalue weighted by molar-refractivity contribution is 6.62. The van der Waals surface area contributed by atoms with E-state index in [1.165, 1.54) is 50.6 Å². The van der Waals surface area contributed by atoms with Gasteiger partial charge in [-0.1, -0.05) is 94.7 Å². The number of nitrogens with one attached hydrogen (secondary N) is 1. The van der Waals surface area contributed by atoms with Crippen molar-refractivity contribution in [2.45, 2.75) is 98.3 Å². The second kappa shape index (κ2) is 52.7. The Labute approximate surface area is 682 Å². The summed E-state index contributed by atoms with van der Waals surface area (Å²) in [5.74, 6) is -20.9. The van der Waals surface area contributed by atoms with Crippen molar-refractivity contribution in [2.75, 3.05) is 38.9 Å². The molecule has 0 saturated carbocycles. The van der Waals surface area contributed by atoms with E-state index in [1.54, 1.807) is 0 Å². The van der Waals surface area contributed by atoms with Gasteiger partial charge in [-0.05, 0) is 107 Å². The fourth-order valence-electron chi connectivity index (χ4n) is 7.61. The van der Waals surface area contributed by atoms with Crippen LogP contribution in [0.3, 0.4) is 0 Å². The van der Waals surface area contributed by atoms with E-state index >= 15 is 0 Å². The number of anilines is 3. The summed E-state index contributed by atoms with van der Waals surface area (Å²) in [6.07, 6.45) is 1.44. The molecule has 0 radical (unpaired) electrons. The second-order valence-corrected chi connectivity index (χ2v) is 22.5. The van der Waals surface area contributed by atoms with E-state index in [0.29, 0.717) is 11.8 Å². The quantitative estimate of drug-likeness (QED) is 0.0179. The predicted octanol–water partition coefficient (Wildman–Crippen LogP) is 20.4. The van der Waals surface area contributed by atoms with Crippen LogP contribution in [-0.2, 0) is 18.8 Å². The van der Waals surface area contributed by atoms with Gasteiger partial charge in [-0.25, -0.2) is 8.78 Å². The third-order valence-electron chi connectivity index (χ3n) is 13.4. The first-order valence-electron chi connectivity index (χ1n) is 29.9. The maximum Gasteiger partial charge on any atom is 0.499 e. The lowest BCUT2D eigenvalue weighted by Gasteiger charge is -2.32. The minimum absolute atomic E-state index is 0. The van der Waals surface area contributed by atoms with Crippen LogP contribution < -0.4 is 26.0 Å². The zero-order valence-electron chi connectivity index (χ0n) is 56.9. The van der Waals surface area contributed by atoms with Crippen molar-refractivity contribution in [3.8, 4) is 28.7 Å². The molecule has 1 aliphatic rings. The molecule has 23 nitrogen and oxygen atoms in total. The van der Waals surface area contributed by atoms with Gasteiger partial charge in [0.15, 0.2) is 60.5 Å². The monoisotopic (exact) mass is 1750 g/mol. The van der Waals surface area contributed by atoms with Gasteiger partial charge in [-0.2, -0.15) is 110 Å². The van der Waals surface area contributed by atoms with Crippen LogP contribution >= 0.6 is 23.2 Å². The van der Waals surface area contributed by atoms with Crippen molar-refractivity contribution in [1.82, 2.24) is 39.9 Å². The summed E-state index contributed by atoms with van der Waals surface area (Å²) in [5, 5.41) is 29.1. The van der Waals surface area contributed by atoms with E-state index in [2.05, 4.69) is 59.7 Å². The molecule has 11 aromatic rings. The lowest BCUT2D eigenvalue weighted by Crippen LogP contribution is -2.41. The third kappa shape index (κ3) is 34.2. The average molecular weight is 1750 g/mol. The first-order chi connectivity index (χ1) is 52.2. The van der Waals surface area contributed by atoms with Crippen LogP contribution in [0.1, 0.15) is 113 Å². The van der Waals surface area contributed by atoms with Crippen molar-refractivity contribution in [3.05, 3.63) is 249 Å². The van der Waals surface area contributed by atoms with Gasteiger partial charge in [0, 0.05) is 61.4 Å². The van der Waals surface area contributed by atoms with Gasteiger partial charge >= 0.3 is 7.12 Å². The average Bonchev–Trinajstić information content (AvgIpc) is 1.63. The largest absolute Gasteiger partial charge is 0.504 e. The van der Waals surface area contributed by atoms with E-state index < -0.39 is 154 Å². The number of halogens is 20. The first-order valence-corrected chi connectivity index (χ1v) is 30.6. The third-order valence-corrected chi connectivity index (χ3v) is 14.0. The molecular weight excluding hydrogens is 1670 g/mol. The second-order valence-electron chi connectivity index (χ2n) is 21.7. The van der Waals surface area contributed by atoms with Crippen molar-refractivity contribution in [3.63, 3.8) is 0 Å². The Balaban J connectivity index is -0.000000640. The highest BCUT2D eigenvalue weighted by Gasteiger charge is 2.52. The van der Waals surface area contributed by atoms with Gasteiger partial charge in [0.05, 0.1) is 43.4 Å².